The van der Waals surface area contributed by atoms with E-state index in [0.717, 1.165) is 37.2 Å². The summed E-state index contributed by atoms with van der Waals surface area (Å²) in [4.78, 5) is 33.8. The number of amides is 1. The van der Waals surface area contributed by atoms with Crippen LogP contribution in [0, 0.1) is 32.5 Å². The summed E-state index contributed by atoms with van der Waals surface area (Å²) in [6.45, 7) is 9.28. The summed E-state index contributed by atoms with van der Waals surface area (Å²) in [7, 11) is 0. The van der Waals surface area contributed by atoms with Gasteiger partial charge in [0.1, 0.15) is 11.5 Å². The molecule has 0 unspecified atom stereocenters. The van der Waals surface area contributed by atoms with Crippen molar-refractivity contribution in [1.82, 2.24) is 24.1 Å². The molecule has 3 aromatic heterocycles. The van der Waals surface area contributed by atoms with Crippen molar-refractivity contribution in [3.8, 4) is 16.9 Å². The Morgan fingerprint density at radius 3 is 2.66 bits per heavy atom. The maximum Gasteiger partial charge on any atom is 0.268 e. The first kappa shape index (κ1) is 23.4. The first-order chi connectivity index (χ1) is 16.7. The highest BCUT2D eigenvalue weighted by atomic mass is 32.1. The lowest BCUT2D eigenvalue weighted by Crippen LogP contribution is -2.39. The number of aryl methyl sites for hydroxylation is 3. The van der Waals surface area contributed by atoms with E-state index in [-0.39, 0.29) is 23.7 Å². The molecule has 1 aromatic carbocycles. The second-order valence-corrected chi connectivity index (χ2v) is 10.3. The molecule has 182 valence electrons. The third kappa shape index (κ3) is 4.29. The highest BCUT2D eigenvalue weighted by molar-refractivity contribution is 7.15. The van der Waals surface area contributed by atoms with Crippen LogP contribution in [0.15, 0.2) is 34.4 Å². The van der Waals surface area contributed by atoms with E-state index >= 15 is 0 Å². The molecule has 4 heterocycles. The Morgan fingerprint density at radius 1 is 1.17 bits per heavy atom. The normalized spacial score (nSPS) is 14.7. The summed E-state index contributed by atoms with van der Waals surface area (Å²) in [6.07, 6.45) is 2.18. The molecule has 4 aromatic rings. The quantitative estimate of drug-likeness (QED) is 0.420. The van der Waals surface area contributed by atoms with Gasteiger partial charge in [0, 0.05) is 29.9 Å². The largest absolute Gasteiger partial charge is 0.342 e. The number of piperidine rings is 1. The second-order valence-electron chi connectivity index (χ2n) is 9.48. The number of thiazole rings is 1. The Labute approximate surface area is 206 Å². The maximum atomic E-state index is 13.9. The van der Waals surface area contributed by atoms with Crippen molar-refractivity contribution in [3.05, 3.63) is 68.5 Å². The van der Waals surface area contributed by atoms with Crippen LogP contribution in [0.5, 0.6) is 0 Å². The Balaban J connectivity index is 1.54. The van der Waals surface area contributed by atoms with Crippen molar-refractivity contribution in [2.75, 3.05) is 13.1 Å². The molecule has 0 saturated carbocycles. The van der Waals surface area contributed by atoms with E-state index in [1.54, 1.807) is 22.1 Å². The molecular weight excluding hydrogens is 465 g/mol. The summed E-state index contributed by atoms with van der Waals surface area (Å²) in [5.41, 5.74) is 4.10. The molecule has 0 aliphatic carbocycles. The van der Waals surface area contributed by atoms with Crippen LogP contribution in [0.1, 0.15) is 42.4 Å². The number of aromatic nitrogens is 4. The van der Waals surface area contributed by atoms with Crippen molar-refractivity contribution in [3.63, 3.8) is 0 Å². The van der Waals surface area contributed by atoms with Gasteiger partial charge in [-0.3, -0.25) is 14.0 Å². The van der Waals surface area contributed by atoms with E-state index in [9.17, 15) is 14.0 Å². The van der Waals surface area contributed by atoms with Crippen molar-refractivity contribution < 1.29 is 9.18 Å². The summed E-state index contributed by atoms with van der Waals surface area (Å²) in [5, 5.41) is 6.51. The number of halogens is 1. The van der Waals surface area contributed by atoms with Crippen LogP contribution in [-0.4, -0.2) is 43.1 Å². The highest BCUT2D eigenvalue weighted by Gasteiger charge is 2.24. The lowest BCUT2D eigenvalue weighted by Gasteiger charge is -2.30. The van der Waals surface area contributed by atoms with E-state index in [1.165, 1.54) is 23.5 Å². The molecular formula is C26H28FN5O2S. The molecule has 0 atom stereocenters. The molecule has 1 saturated heterocycles. The molecule has 0 radical (unpaired) electrons. The van der Waals surface area contributed by atoms with Crippen LogP contribution in [-0.2, 0) is 11.2 Å². The number of fused-ring (bicyclic) bond motifs is 1. The predicted octanol–water partition coefficient (Wildman–Crippen LogP) is 4.47. The van der Waals surface area contributed by atoms with Gasteiger partial charge in [0.05, 0.1) is 23.4 Å². The van der Waals surface area contributed by atoms with Crippen LogP contribution in [0.4, 0.5) is 4.39 Å². The fourth-order valence-corrected chi connectivity index (χ4v) is 5.63. The van der Waals surface area contributed by atoms with Crippen molar-refractivity contribution in [2.24, 2.45) is 5.92 Å². The Kier molecular flexibility index (Phi) is 6.04. The van der Waals surface area contributed by atoms with Gasteiger partial charge >= 0.3 is 0 Å². The number of hydrogen-bond acceptors (Lipinski definition) is 5. The zero-order valence-electron chi connectivity index (χ0n) is 20.3. The third-order valence-electron chi connectivity index (χ3n) is 6.83. The van der Waals surface area contributed by atoms with Crippen molar-refractivity contribution in [1.29, 1.82) is 0 Å². The lowest BCUT2D eigenvalue weighted by atomic mass is 9.99. The van der Waals surface area contributed by atoms with Crippen LogP contribution in [0.2, 0.25) is 0 Å². The number of rotatable bonds is 4. The average molecular weight is 494 g/mol. The smallest absolute Gasteiger partial charge is 0.268 e. The van der Waals surface area contributed by atoms with Gasteiger partial charge in [-0.15, -0.1) is 11.3 Å². The van der Waals surface area contributed by atoms with E-state index in [1.807, 2.05) is 30.2 Å². The van der Waals surface area contributed by atoms with Gasteiger partial charge in [0.2, 0.25) is 5.91 Å². The average Bonchev–Trinajstić information content (AvgIpc) is 3.39. The standard InChI is InChI=1S/C26H28FN5O2S/c1-15-7-9-30(10-8-15)23(33)13-20-14-35-26-28-18(4)24(25(34)31(20)26)21-11-17(3)32(29-21)22-12-19(27)6-5-16(22)2/h5-6,11-12,14-15H,7-10,13H2,1-4H3. The molecule has 9 heteroatoms. The first-order valence-electron chi connectivity index (χ1n) is 11.8. The molecule has 7 nitrogen and oxygen atoms in total. The number of likely N-dealkylation sites (tertiary alicyclic amines) is 1. The highest BCUT2D eigenvalue weighted by Crippen LogP contribution is 2.25. The molecule has 5 rings (SSSR count). The predicted molar refractivity (Wildman–Crippen MR) is 135 cm³/mol. The number of hydrogen-bond donors (Lipinski definition) is 0. The summed E-state index contributed by atoms with van der Waals surface area (Å²) in [5.74, 6) is 0.322. The van der Waals surface area contributed by atoms with Gasteiger partial charge < -0.3 is 4.90 Å². The van der Waals surface area contributed by atoms with Gasteiger partial charge in [-0.2, -0.15) is 5.10 Å². The zero-order chi connectivity index (χ0) is 24.9. The monoisotopic (exact) mass is 493 g/mol. The molecule has 35 heavy (non-hydrogen) atoms. The van der Waals surface area contributed by atoms with Gasteiger partial charge in [0.25, 0.3) is 5.56 Å². The minimum Gasteiger partial charge on any atom is -0.342 e. The molecule has 0 N–H and O–H groups in total. The van der Waals surface area contributed by atoms with Crippen LogP contribution >= 0.6 is 11.3 Å². The summed E-state index contributed by atoms with van der Waals surface area (Å²) in [6, 6.07) is 6.37. The molecule has 0 spiro atoms. The van der Waals surface area contributed by atoms with Crippen molar-refractivity contribution >= 4 is 22.2 Å². The maximum absolute atomic E-state index is 13.9. The van der Waals surface area contributed by atoms with Gasteiger partial charge in [-0.05, 0) is 63.3 Å². The topological polar surface area (TPSA) is 72.5 Å². The summed E-state index contributed by atoms with van der Waals surface area (Å²) < 4.78 is 17.1. The molecule has 1 aliphatic rings. The fourth-order valence-electron chi connectivity index (χ4n) is 4.70. The molecule has 1 amide bonds. The number of carbonyl (C=O) groups excluding carboxylic acids is 1. The number of carbonyl (C=O) groups is 1. The first-order valence-corrected chi connectivity index (χ1v) is 12.7. The van der Waals surface area contributed by atoms with Crippen molar-refractivity contribution in [2.45, 2.75) is 47.0 Å². The minimum absolute atomic E-state index is 0.0346. The minimum atomic E-state index is -0.350. The molecule has 0 bridgehead atoms. The fraction of sp³-hybridized carbons (Fsp3) is 0.385. The van der Waals surface area contributed by atoms with Gasteiger partial charge in [-0.25, -0.2) is 14.1 Å². The Morgan fingerprint density at radius 2 is 1.91 bits per heavy atom. The van der Waals surface area contributed by atoms with Crippen LogP contribution in [0.25, 0.3) is 21.9 Å². The van der Waals surface area contributed by atoms with E-state index in [0.29, 0.717) is 39.2 Å². The summed E-state index contributed by atoms with van der Waals surface area (Å²) >= 11 is 1.36. The number of benzene rings is 1. The Hall–Kier alpha value is -3.33. The van der Waals surface area contributed by atoms with Crippen LogP contribution in [0.3, 0.4) is 0 Å². The van der Waals surface area contributed by atoms with Gasteiger partial charge in [0.15, 0.2) is 4.96 Å². The van der Waals surface area contributed by atoms with E-state index in [4.69, 9.17) is 0 Å². The zero-order valence-corrected chi connectivity index (χ0v) is 21.2. The third-order valence-corrected chi connectivity index (χ3v) is 7.71. The Bertz CT molecular complexity index is 1490. The number of nitrogens with zero attached hydrogens (tertiary/aromatic N) is 5. The van der Waals surface area contributed by atoms with E-state index < -0.39 is 0 Å². The SMILES string of the molecule is Cc1ccc(F)cc1-n1nc(-c2c(C)nc3scc(CC(=O)N4CCC(C)CC4)n3c2=O)cc1C. The molecule has 1 fully saturated rings. The van der Waals surface area contributed by atoms with Gasteiger partial charge in [-0.1, -0.05) is 13.0 Å². The van der Waals surface area contributed by atoms with Crippen LogP contribution < -0.4 is 5.56 Å². The van der Waals surface area contributed by atoms with E-state index in [2.05, 4.69) is 17.0 Å². The lowest BCUT2D eigenvalue weighted by molar-refractivity contribution is -0.131. The molecule has 1 aliphatic heterocycles. The second kappa shape index (κ2) is 9.03.